The number of nitrogens with one attached hydrogen (secondary N) is 1. The van der Waals surface area contributed by atoms with E-state index in [0.717, 1.165) is 16.9 Å². The number of aryl methyl sites for hydroxylation is 1. The third kappa shape index (κ3) is 4.40. The molecule has 0 atom stereocenters. The second-order valence-corrected chi connectivity index (χ2v) is 4.66. The molecule has 1 aromatic carbocycles. The minimum atomic E-state index is -4.32. The SMILES string of the molecule is Cc1c(CNc2ccc(OCC(F)(F)F)cc2)cnn1C. The van der Waals surface area contributed by atoms with E-state index in [1.165, 1.54) is 12.1 Å². The number of rotatable bonds is 5. The van der Waals surface area contributed by atoms with Gasteiger partial charge in [-0.3, -0.25) is 4.68 Å². The van der Waals surface area contributed by atoms with Gasteiger partial charge in [0.1, 0.15) is 5.75 Å². The van der Waals surface area contributed by atoms with E-state index in [9.17, 15) is 13.2 Å². The lowest BCUT2D eigenvalue weighted by Crippen LogP contribution is -2.19. The number of hydrogen-bond acceptors (Lipinski definition) is 3. The van der Waals surface area contributed by atoms with Gasteiger partial charge in [0.05, 0.1) is 6.20 Å². The molecule has 21 heavy (non-hydrogen) atoms. The van der Waals surface area contributed by atoms with Crippen LogP contribution in [0.4, 0.5) is 18.9 Å². The van der Waals surface area contributed by atoms with Gasteiger partial charge in [0, 0.05) is 30.5 Å². The van der Waals surface area contributed by atoms with Crippen molar-refractivity contribution < 1.29 is 17.9 Å². The topological polar surface area (TPSA) is 39.1 Å². The molecular formula is C14H16F3N3O. The Morgan fingerprint density at radius 1 is 1.24 bits per heavy atom. The Morgan fingerprint density at radius 3 is 2.43 bits per heavy atom. The van der Waals surface area contributed by atoms with Crippen LogP contribution in [0.1, 0.15) is 11.3 Å². The van der Waals surface area contributed by atoms with Crippen molar-refractivity contribution in [1.82, 2.24) is 9.78 Å². The maximum absolute atomic E-state index is 12.0. The Morgan fingerprint density at radius 2 is 1.90 bits per heavy atom. The van der Waals surface area contributed by atoms with E-state index < -0.39 is 12.8 Å². The summed E-state index contributed by atoms with van der Waals surface area (Å²) >= 11 is 0. The molecule has 0 bridgehead atoms. The molecule has 1 heterocycles. The molecule has 1 N–H and O–H groups in total. The van der Waals surface area contributed by atoms with Crippen LogP contribution in [0.25, 0.3) is 0 Å². The van der Waals surface area contributed by atoms with Crippen LogP contribution in [0.5, 0.6) is 5.75 Å². The fourth-order valence-electron chi connectivity index (χ4n) is 1.75. The molecule has 114 valence electrons. The Balaban J connectivity index is 1.89. The minimum Gasteiger partial charge on any atom is -0.484 e. The van der Waals surface area contributed by atoms with E-state index in [4.69, 9.17) is 0 Å². The molecular weight excluding hydrogens is 283 g/mol. The van der Waals surface area contributed by atoms with E-state index in [0.29, 0.717) is 6.54 Å². The molecule has 0 spiro atoms. The zero-order chi connectivity index (χ0) is 15.5. The summed E-state index contributed by atoms with van der Waals surface area (Å²) in [6, 6.07) is 6.36. The first-order valence-electron chi connectivity index (χ1n) is 6.36. The Kier molecular flexibility index (Phi) is 4.40. The second-order valence-electron chi connectivity index (χ2n) is 4.66. The van der Waals surface area contributed by atoms with Gasteiger partial charge in [0.15, 0.2) is 6.61 Å². The molecule has 0 aliphatic heterocycles. The van der Waals surface area contributed by atoms with Crippen LogP contribution in [0.2, 0.25) is 0 Å². The van der Waals surface area contributed by atoms with Crippen molar-refractivity contribution in [3.63, 3.8) is 0 Å². The summed E-state index contributed by atoms with van der Waals surface area (Å²) in [5.41, 5.74) is 2.93. The van der Waals surface area contributed by atoms with Gasteiger partial charge in [0.25, 0.3) is 0 Å². The Labute approximate surface area is 120 Å². The normalized spacial score (nSPS) is 11.5. The van der Waals surface area contributed by atoms with Crippen molar-refractivity contribution in [2.24, 2.45) is 7.05 Å². The van der Waals surface area contributed by atoms with Gasteiger partial charge in [-0.1, -0.05) is 0 Å². The fourth-order valence-corrected chi connectivity index (χ4v) is 1.75. The molecule has 0 saturated heterocycles. The number of aromatic nitrogens is 2. The second kappa shape index (κ2) is 6.07. The molecule has 0 aliphatic rings. The molecule has 1 aromatic heterocycles. The van der Waals surface area contributed by atoms with Gasteiger partial charge >= 0.3 is 6.18 Å². The summed E-state index contributed by atoms with van der Waals surface area (Å²) in [5.74, 6) is 0.190. The predicted octanol–water partition coefficient (Wildman–Crippen LogP) is 3.28. The van der Waals surface area contributed by atoms with Gasteiger partial charge in [-0.15, -0.1) is 0 Å². The summed E-state index contributed by atoms with van der Waals surface area (Å²) in [6.07, 6.45) is -2.54. The van der Waals surface area contributed by atoms with E-state index in [2.05, 4.69) is 15.2 Å². The molecule has 0 aliphatic carbocycles. The van der Waals surface area contributed by atoms with Crippen molar-refractivity contribution in [1.29, 1.82) is 0 Å². The zero-order valence-corrected chi connectivity index (χ0v) is 11.7. The predicted molar refractivity (Wildman–Crippen MR) is 73.3 cm³/mol. The summed E-state index contributed by atoms with van der Waals surface area (Å²) < 4.78 is 42.5. The van der Waals surface area contributed by atoms with Crippen molar-refractivity contribution in [3.8, 4) is 5.75 Å². The van der Waals surface area contributed by atoms with Crippen LogP contribution in [0.15, 0.2) is 30.5 Å². The highest BCUT2D eigenvalue weighted by Gasteiger charge is 2.28. The monoisotopic (exact) mass is 299 g/mol. The molecule has 0 fully saturated rings. The average molecular weight is 299 g/mol. The van der Waals surface area contributed by atoms with Gasteiger partial charge in [-0.25, -0.2) is 0 Å². The van der Waals surface area contributed by atoms with Gasteiger partial charge in [-0.05, 0) is 31.2 Å². The largest absolute Gasteiger partial charge is 0.484 e. The van der Waals surface area contributed by atoms with Crippen LogP contribution >= 0.6 is 0 Å². The standard InChI is InChI=1S/C14H16F3N3O/c1-10-11(8-19-20(10)2)7-18-12-3-5-13(6-4-12)21-9-14(15,16)17/h3-6,8,18H,7,9H2,1-2H3. The zero-order valence-electron chi connectivity index (χ0n) is 11.7. The first-order valence-corrected chi connectivity index (χ1v) is 6.36. The maximum Gasteiger partial charge on any atom is 0.422 e. The highest BCUT2D eigenvalue weighted by atomic mass is 19.4. The van der Waals surface area contributed by atoms with Crippen molar-refractivity contribution in [2.75, 3.05) is 11.9 Å². The highest BCUT2D eigenvalue weighted by Crippen LogP contribution is 2.20. The lowest BCUT2D eigenvalue weighted by Gasteiger charge is -2.10. The van der Waals surface area contributed by atoms with E-state index in [1.807, 2.05) is 14.0 Å². The molecule has 4 nitrogen and oxygen atoms in total. The highest BCUT2D eigenvalue weighted by molar-refractivity contribution is 5.46. The van der Waals surface area contributed by atoms with Gasteiger partial charge in [-0.2, -0.15) is 18.3 Å². The van der Waals surface area contributed by atoms with Crippen molar-refractivity contribution in [2.45, 2.75) is 19.6 Å². The van der Waals surface area contributed by atoms with Crippen LogP contribution in [0.3, 0.4) is 0 Å². The number of halogens is 3. The van der Waals surface area contributed by atoms with Crippen LogP contribution in [0, 0.1) is 6.92 Å². The molecule has 0 saturated carbocycles. The van der Waals surface area contributed by atoms with Crippen LogP contribution < -0.4 is 10.1 Å². The number of anilines is 1. The van der Waals surface area contributed by atoms with Gasteiger partial charge < -0.3 is 10.1 Å². The molecule has 0 radical (unpaired) electrons. The van der Waals surface area contributed by atoms with Gasteiger partial charge in [0.2, 0.25) is 0 Å². The Bertz CT molecular complexity index is 591. The fraction of sp³-hybridized carbons (Fsp3) is 0.357. The quantitative estimate of drug-likeness (QED) is 0.921. The van der Waals surface area contributed by atoms with Crippen molar-refractivity contribution in [3.05, 3.63) is 41.7 Å². The lowest BCUT2D eigenvalue weighted by atomic mass is 10.2. The third-order valence-electron chi connectivity index (χ3n) is 3.08. The first-order chi connectivity index (χ1) is 9.85. The lowest BCUT2D eigenvalue weighted by molar-refractivity contribution is -0.153. The first kappa shape index (κ1) is 15.2. The molecule has 0 unspecified atom stereocenters. The summed E-state index contributed by atoms with van der Waals surface area (Å²) in [7, 11) is 1.87. The molecule has 7 heteroatoms. The summed E-state index contributed by atoms with van der Waals surface area (Å²) in [4.78, 5) is 0. The van der Waals surface area contributed by atoms with E-state index in [1.54, 1.807) is 23.0 Å². The van der Waals surface area contributed by atoms with Crippen molar-refractivity contribution >= 4 is 5.69 Å². The molecule has 0 amide bonds. The average Bonchev–Trinajstić information content (AvgIpc) is 2.75. The number of ether oxygens (including phenoxy) is 1. The summed E-state index contributed by atoms with van der Waals surface area (Å²) in [5, 5.41) is 7.32. The molecule has 2 rings (SSSR count). The third-order valence-corrected chi connectivity index (χ3v) is 3.08. The van der Waals surface area contributed by atoms with Crippen LogP contribution in [-0.2, 0) is 13.6 Å². The van der Waals surface area contributed by atoms with E-state index >= 15 is 0 Å². The minimum absolute atomic E-state index is 0.190. The number of nitrogens with zero attached hydrogens (tertiary/aromatic N) is 2. The smallest absolute Gasteiger partial charge is 0.422 e. The number of alkyl halides is 3. The molecule has 2 aromatic rings. The van der Waals surface area contributed by atoms with Crippen LogP contribution in [-0.4, -0.2) is 22.6 Å². The number of hydrogen-bond donors (Lipinski definition) is 1. The Hall–Kier alpha value is -2.18. The number of benzene rings is 1. The summed E-state index contributed by atoms with van der Waals surface area (Å²) in [6.45, 7) is 1.29. The van der Waals surface area contributed by atoms with E-state index in [-0.39, 0.29) is 5.75 Å². The maximum atomic E-state index is 12.0.